The number of nitrogens with two attached hydrogens (primary N) is 1. The van der Waals surface area contributed by atoms with Gasteiger partial charge in [0.2, 0.25) is 0 Å². The molecule has 0 amide bonds. The van der Waals surface area contributed by atoms with Crippen LogP contribution in [0.3, 0.4) is 0 Å². The highest BCUT2D eigenvalue weighted by molar-refractivity contribution is 6.30. The molecule has 0 heterocycles. The number of aryl methyl sites for hydroxylation is 2. The third-order valence-corrected chi connectivity index (χ3v) is 3.37. The smallest absolute Gasteiger partial charge is 0.340 e. The van der Waals surface area contributed by atoms with E-state index in [1.54, 1.807) is 24.3 Å². The van der Waals surface area contributed by atoms with Gasteiger partial charge in [-0.05, 0) is 55.3 Å². The summed E-state index contributed by atoms with van der Waals surface area (Å²) < 4.78 is 10.5. The van der Waals surface area contributed by atoms with Gasteiger partial charge in [0.15, 0.2) is 0 Å². The van der Waals surface area contributed by atoms with Gasteiger partial charge in [0.1, 0.15) is 11.5 Å². The van der Waals surface area contributed by atoms with Gasteiger partial charge in [0, 0.05) is 10.7 Å². The van der Waals surface area contributed by atoms with E-state index in [0.717, 1.165) is 11.1 Å². The molecule has 0 aliphatic heterocycles. The summed E-state index contributed by atoms with van der Waals surface area (Å²) in [5.41, 5.74) is 8.23. The number of benzene rings is 2. The standard InChI is InChI=1S/C16H16ClNO3/c1-9-6-11(17)4-5-14(9)21-12-7-10(2)15(18)13(8-12)16(19)20-3/h4-8H,18H2,1-3H3. The van der Waals surface area contributed by atoms with Crippen LogP contribution in [0.15, 0.2) is 30.3 Å². The molecule has 0 aliphatic carbocycles. The molecule has 0 saturated heterocycles. The molecule has 0 radical (unpaired) electrons. The molecule has 5 heteroatoms. The van der Waals surface area contributed by atoms with Crippen LogP contribution in [0.1, 0.15) is 21.5 Å². The normalized spacial score (nSPS) is 10.3. The fourth-order valence-electron chi connectivity index (χ4n) is 1.96. The molecule has 2 rings (SSSR count). The van der Waals surface area contributed by atoms with E-state index in [4.69, 9.17) is 26.8 Å². The van der Waals surface area contributed by atoms with Crippen LogP contribution < -0.4 is 10.5 Å². The van der Waals surface area contributed by atoms with Crippen LogP contribution in [0.5, 0.6) is 11.5 Å². The van der Waals surface area contributed by atoms with E-state index >= 15 is 0 Å². The lowest BCUT2D eigenvalue weighted by Gasteiger charge is -2.13. The van der Waals surface area contributed by atoms with Gasteiger partial charge in [-0.3, -0.25) is 0 Å². The highest BCUT2D eigenvalue weighted by Crippen LogP contribution is 2.31. The minimum atomic E-state index is -0.492. The first-order valence-electron chi connectivity index (χ1n) is 6.35. The molecule has 21 heavy (non-hydrogen) atoms. The average Bonchev–Trinajstić information content (AvgIpc) is 2.44. The second kappa shape index (κ2) is 6.06. The average molecular weight is 306 g/mol. The quantitative estimate of drug-likeness (QED) is 0.684. The molecule has 0 aromatic heterocycles. The summed E-state index contributed by atoms with van der Waals surface area (Å²) in [7, 11) is 1.31. The monoisotopic (exact) mass is 305 g/mol. The van der Waals surface area contributed by atoms with E-state index in [0.29, 0.717) is 27.8 Å². The van der Waals surface area contributed by atoms with E-state index in [9.17, 15) is 4.79 Å². The fourth-order valence-corrected chi connectivity index (χ4v) is 2.18. The highest BCUT2D eigenvalue weighted by atomic mass is 35.5. The summed E-state index contributed by atoms with van der Waals surface area (Å²) >= 11 is 5.92. The summed E-state index contributed by atoms with van der Waals surface area (Å²) in [5, 5.41) is 0.642. The number of hydrogen-bond acceptors (Lipinski definition) is 4. The summed E-state index contributed by atoms with van der Waals surface area (Å²) in [6, 6.07) is 8.68. The van der Waals surface area contributed by atoms with Crippen molar-refractivity contribution in [3.05, 3.63) is 52.0 Å². The van der Waals surface area contributed by atoms with Crippen LogP contribution in [-0.4, -0.2) is 13.1 Å². The number of rotatable bonds is 3. The maximum absolute atomic E-state index is 11.7. The predicted octanol–water partition coefficient (Wildman–Crippen LogP) is 4.12. The van der Waals surface area contributed by atoms with Gasteiger partial charge in [-0.15, -0.1) is 0 Å². The summed E-state index contributed by atoms with van der Waals surface area (Å²) in [5.74, 6) is 0.695. The predicted molar refractivity (Wildman–Crippen MR) is 83.2 cm³/mol. The lowest BCUT2D eigenvalue weighted by Crippen LogP contribution is -2.07. The number of ether oxygens (including phenoxy) is 2. The number of esters is 1. The summed E-state index contributed by atoms with van der Waals surface area (Å²) in [6.07, 6.45) is 0. The first-order valence-corrected chi connectivity index (χ1v) is 6.72. The lowest BCUT2D eigenvalue weighted by atomic mass is 10.1. The Balaban J connectivity index is 2.40. The van der Waals surface area contributed by atoms with Crippen molar-refractivity contribution in [1.82, 2.24) is 0 Å². The van der Waals surface area contributed by atoms with E-state index in [1.165, 1.54) is 7.11 Å². The Morgan fingerprint density at radius 2 is 1.86 bits per heavy atom. The van der Waals surface area contributed by atoms with E-state index < -0.39 is 5.97 Å². The van der Waals surface area contributed by atoms with Gasteiger partial charge < -0.3 is 15.2 Å². The molecule has 110 valence electrons. The zero-order valence-electron chi connectivity index (χ0n) is 12.1. The number of hydrogen-bond donors (Lipinski definition) is 1. The topological polar surface area (TPSA) is 61.5 Å². The van der Waals surface area contributed by atoms with Crippen LogP contribution in [0.4, 0.5) is 5.69 Å². The first-order chi connectivity index (χ1) is 9.92. The van der Waals surface area contributed by atoms with Gasteiger partial charge in [-0.2, -0.15) is 0 Å². The van der Waals surface area contributed by atoms with Gasteiger partial charge >= 0.3 is 5.97 Å². The zero-order valence-corrected chi connectivity index (χ0v) is 12.8. The maximum atomic E-state index is 11.7. The Morgan fingerprint density at radius 3 is 2.48 bits per heavy atom. The molecule has 0 atom stereocenters. The van der Waals surface area contributed by atoms with Crippen molar-refractivity contribution in [2.45, 2.75) is 13.8 Å². The zero-order chi connectivity index (χ0) is 15.6. The van der Waals surface area contributed by atoms with Gasteiger partial charge in [0.25, 0.3) is 0 Å². The SMILES string of the molecule is COC(=O)c1cc(Oc2ccc(Cl)cc2C)cc(C)c1N. The second-order valence-electron chi connectivity index (χ2n) is 4.70. The Bertz CT molecular complexity index is 698. The Kier molecular flexibility index (Phi) is 4.38. The minimum absolute atomic E-state index is 0.291. The van der Waals surface area contributed by atoms with E-state index in [1.807, 2.05) is 19.9 Å². The third kappa shape index (κ3) is 3.28. The third-order valence-electron chi connectivity index (χ3n) is 3.13. The van der Waals surface area contributed by atoms with Crippen molar-refractivity contribution in [2.24, 2.45) is 0 Å². The van der Waals surface area contributed by atoms with Gasteiger partial charge in [-0.25, -0.2) is 4.79 Å². The van der Waals surface area contributed by atoms with Crippen LogP contribution >= 0.6 is 11.6 Å². The maximum Gasteiger partial charge on any atom is 0.340 e. The summed E-state index contributed by atoms with van der Waals surface area (Å²) in [4.78, 5) is 11.7. The summed E-state index contributed by atoms with van der Waals surface area (Å²) in [6.45, 7) is 3.70. The lowest BCUT2D eigenvalue weighted by molar-refractivity contribution is 0.0601. The van der Waals surface area contributed by atoms with Gasteiger partial charge in [0.05, 0.1) is 12.7 Å². The molecule has 0 unspecified atom stereocenters. The van der Waals surface area contributed by atoms with E-state index in [-0.39, 0.29) is 0 Å². The molecular formula is C16H16ClNO3. The molecule has 2 aromatic rings. The molecule has 0 saturated carbocycles. The Morgan fingerprint density at radius 1 is 1.14 bits per heavy atom. The van der Waals surface area contributed by atoms with Crippen LogP contribution in [-0.2, 0) is 4.74 Å². The Hall–Kier alpha value is -2.20. The van der Waals surface area contributed by atoms with Crippen molar-refractivity contribution in [1.29, 1.82) is 0 Å². The van der Waals surface area contributed by atoms with Crippen LogP contribution in [0.2, 0.25) is 5.02 Å². The Labute approximate surface area is 128 Å². The molecule has 0 fully saturated rings. The van der Waals surface area contributed by atoms with E-state index in [2.05, 4.69) is 0 Å². The first kappa shape index (κ1) is 15.2. The van der Waals surface area contributed by atoms with Crippen molar-refractivity contribution in [2.75, 3.05) is 12.8 Å². The van der Waals surface area contributed by atoms with Crippen LogP contribution in [0, 0.1) is 13.8 Å². The fraction of sp³-hybridized carbons (Fsp3) is 0.188. The molecule has 0 bridgehead atoms. The second-order valence-corrected chi connectivity index (χ2v) is 5.14. The van der Waals surface area contributed by atoms with Crippen molar-refractivity contribution >= 4 is 23.3 Å². The van der Waals surface area contributed by atoms with Crippen molar-refractivity contribution in [3.8, 4) is 11.5 Å². The van der Waals surface area contributed by atoms with Gasteiger partial charge in [-0.1, -0.05) is 11.6 Å². The molecule has 0 aliphatic rings. The number of carbonyl (C=O) groups is 1. The van der Waals surface area contributed by atoms with Crippen molar-refractivity contribution in [3.63, 3.8) is 0 Å². The molecule has 2 aromatic carbocycles. The molecule has 4 nitrogen and oxygen atoms in total. The molecule has 2 N–H and O–H groups in total. The molecular weight excluding hydrogens is 290 g/mol. The number of methoxy groups -OCH3 is 1. The number of anilines is 1. The van der Waals surface area contributed by atoms with Crippen molar-refractivity contribution < 1.29 is 14.3 Å². The highest BCUT2D eigenvalue weighted by Gasteiger charge is 2.14. The number of halogens is 1. The van der Waals surface area contributed by atoms with Crippen LogP contribution in [0.25, 0.3) is 0 Å². The minimum Gasteiger partial charge on any atom is -0.465 e. The number of carbonyl (C=O) groups excluding carboxylic acids is 1. The molecule has 0 spiro atoms. The largest absolute Gasteiger partial charge is 0.465 e. The number of nitrogen functional groups attached to an aromatic ring is 1.